The minimum atomic E-state index is -4.96. The molecule has 3 unspecified atom stereocenters. The van der Waals surface area contributed by atoms with Crippen molar-refractivity contribution in [1.82, 2.24) is 0 Å². The molecule has 3 N–H and O–H groups in total. The van der Waals surface area contributed by atoms with E-state index in [1.807, 2.05) is 0 Å². The van der Waals surface area contributed by atoms with E-state index in [0.29, 0.717) is 25.7 Å². The van der Waals surface area contributed by atoms with Gasteiger partial charge in [0.25, 0.3) is 0 Å². The van der Waals surface area contributed by atoms with Crippen LogP contribution in [0.1, 0.15) is 382 Å². The van der Waals surface area contributed by atoms with Gasteiger partial charge in [0.05, 0.1) is 26.4 Å². The summed E-state index contributed by atoms with van der Waals surface area (Å²) in [6.45, 7) is 9.54. The number of aliphatic hydroxyl groups is 1. The number of unbranched alkanes of at least 4 members (excludes halogenated alkanes) is 42. The van der Waals surface area contributed by atoms with Gasteiger partial charge in [0.2, 0.25) is 0 Å². The zero-order chi connectivity index (χ0) is 68.6. The average Bonchev–Trinajstić information content (AvgIpc) is 1.92. The van der Waals surface area contributed by atoms with Crippen LogP contribution in [0.4, 0.5) is 0 Å². The van der Waals surface area contributed by atoms with Gasteiger partial charge in [0.15, 0.2) is 12.2 Å². The molecule has 0 saturated heterocycles. The van der Waals surface area contributed by atoms with Crippen molar-refractivity contribution < 1.29 is 80.2 Å². The van der Waals surface area contributed by atoms with Crippen molar-refractivity contribution in [2.24, 2.45) is 11.8 Å². The molecule has 0 radical (unpaired) electrons. The summed E-state index contributed by atoms with van der Waals surface area (Å²) in [5.41, 5.74) is 0. The third-order valence-corrected chi connectivity index (χ3v) is 19.5. The summed E-state index contributed by atoms with van der Waals surface area (Å²) in [5.74, 6) is -0.628. The minimum absolute atomic E-state index is 0.107. The molecule has 0 aromatic rings. The summed E-state index contributed by atoms with van der Waals surface area (Å²) in [6.07, 6.45) is 52.7. The zero-order valence-corrected chi connectivity index (χ0v) is 62.3. The van der Waals surface area contributed by atoms with Gasteiger partial charge >= 0.3 is 39.5 Å². The van der Waals surface area contributed by atoms with Crippen molar-refractivity contribution in [2.75, 3.05) is 39.6 Å². The van der Waals surface area contributed by atoms with Crippen molar-refractivity contribution in [1.29, 1.82) is 0 Å². The molecule has 552 valence electrons. The lowest BCUT2D eigenvalue weighted by Crippen LogP contribution is -2.30. The van der Waals surface area contributed by atoms with Gasteiger partial charge in [-0.05, 0) is 37.5 Å². The van der Waals surface area contributed by atoms with Gasteiger partial charge in [-0.2, -0.15) is 0 Å². The van der Waals surface area contributed by atoms with E-state index in [-0.39, 0.29) is 25.7 Å². The van der Waals surface area contributed by atoms with E-state index in [1.54, 1.807) is 0 Å². The van der Waals surface area contributed by atoms with Crippen molar-refractivity contribution >= 4 is 39.5 Å². The van der Waals surface area contributed by atoms with Crippen LogP contribution in [0.3, 0.4) is 0 Å². The lowest BCUT2D eigenvalue weighted by molar-refractivity contribution is -0.161. The lowest BCUT2D eigenvalue weighted by atomic mass is 10.00. The number of carbonyl (C=O) groups is 4. The van der Waals surface area contributed by atoms with Gasteiger partial charge in [-0.25, -0.2) is 9.13 Å². The molecule has 0 aliphatic carbocycles. The lowest BCUT2D eigenvalue weighted by Gasteiger charge is -2.21. The maximum Gasteiger partial charge on any atom is 0.472 e. The Balaban J connectivity index is 5.25. The molecular formula is C74H144O17P2. The molecule has 0 heterocycles. The SMILES string of the molecule is CCCCCCCCCCCCCCCCCCCC(=O)O[C@H](COC(=O)CCCCCCCCCCCCC(C)C)COP(=O)(O)OC[C@@H](O)COP(=O)(O)OC[C@@H](COC(=O)CCCCCCCCC(C)CC)OC(=O)CCCCCCCCCCCCCCC. The number of phosphoric acid groups is 2. The smallest absolute Gasteiger partial charge is 0.462 e. The molecule has 19 heteroatoms. The van der Waals surface area contributed by atoms with Crippen molar-refractivity contribution in [3.63, 3.8) is 0 Å². The standard InChI is InChI=1S/C74H144O17P2/c1-7-10-12-14-16-18-20-22-23-24-25-27-29-35-39-47-53-59-73(78)90-69(62-84-71(76)56-50-44-37-33-31-30-32-36-42-48-54-66(4)5)64-88-92(80,81)86-60-68(75)61-87-93(82,83)89-65-70(63-85-72(77)57-51-45-41-40-43-49-55-67(6)9-3)91-74(79)58-52-46-38-34-28-26-21-19-17-15-13-11-8-2/h66-70,75H,7-65H2,1-6H3,(H,80,81)(H,82,83)/t67?,68-,69-,70-/m1/s1. The summed E-state index contributed by atoms with van der Waals surface area (Å²) in [7, 11) is -9.91. The van der Waals surface area contributed by atoms with E-state index in [2.05, 4.69) is 41.5 Å². The average molecular weight is 1370 g/mol. The van der Waals surface area contributed by atoms with E-state index in [1.165, 1.54) is 193 Å². The highest BCUT2D eigenvalue weighted by Gasteiger charge is 2.30. The second kappa shape index (κ2) is 66.0. The Morgan fingerprint density at radius 3 is 0.817 bits per heavy atom. The summed E-state index contributed by atoms with van der Waals surface area (Å²) in [4.78, 5) is 72.7. The normalized spacial score (nSPS) is 14.3. The van der Waals surface area contributed by atoms with E-state index in [4.69, 9.17) is 37.0 Å². The Labute approximate surface area is 568 Å². The molecule has 0 fully saturated rings. The third kappa shape index (κ3) is 67.0. The number of rotatable bonds is 73. The van der Waals surface area contributed by atoms with E-state index in [0.717, 1.165) is 108 Å². The molecule has 17 nitrogen and oxygen atoms in total. The Kier molecular flexibility index (Phi) is 64.6. The Morgan fingerprint density at radius 1 is 0.312 bits per heavy atom. The van der Waals surface area contributed by atoms with Crippen molar-refractivity contribution in [2.45, 2.75) is 400 Å². The predicted octanol–water partition coefficient (Wildman–Crippen LogP) is 21.6. The van der Waals surface area contributed by atoms with Crippen LogP contribution < -0.4 is 0 Å². The fraction of sp³-hybridized carbons (Fsp3) is 0.946. The van der Waals surface area contributed by atoms with Gasteiger partial charge in [-0.15, -0.1) is 0 Å². The van der Waals surface area contributed by atoms with Crippen molar-refractivity contribution in [3.05, 3.63) is 0 Å². The Morgan fingerprint density at radius 2 is 0.548 bits per heavy atom. The molecule has 0 saturated carbocycles. The molecular weight excluding hydrogens is 1220 g/mol. The molecule has 6 atom stereocenters. The third-order valence-electron chi connectivity index (χ3n) is 17.6. The molecule has 0 aromatic carbocycles. The highest BCUT2D eigenvalue weighted by molar-refractivity contribution is 7.47. The van der Waals surface area contributed by atoms with Gasteiger partial charge < -0.3 is 33.8 Å². The molecule has 0 rings (SSSR count). The maximum atomic E-state index is 13.1. The van der Waals surface area contributed by atoms with Gasteiger partial charge in [0.1, 0.15) is 19.3 Å². The molecule has 0 spiro atoms. The summed E-state index contributed by atoms with van der Waals surface area (Å²) in [5, 5.41) is 10.6. The Bertz CT molecular complexity index is 1810. The molecule has 93 heavy (non-hydrogen) atoms. The maximum absolute atomic E-state index is 13.1. The summed E-state index contributed by atoms with van der Waals surface area (Å²) >= 11 is 0. The van der Waals surface area contributed by atoms with Crippen LogP contribution in [0.5, 0.6) is 0 Å². The fourth-order valence-electron chi connectivity index (χ4n) is 11.3. The van der Waals surface area contributed by atoms with Crippen molar-refractivity contribution in [3.8, 4) is 0 Å². The number of hydrogen-bond donors (Lipinski definition) is 3. The highest BCUT2D eigenvalue weighted by Crippen LogP contribution is 2.45. The number of hydrogen-bond acceptors (Lipinski definition) is 15. The first-order chi connectivity index (χ1) is 44.9. The van der Waals surface area contributed by atoms with Crippen LogP contribution in [0.2, 0.25) is 0 Å². The second-order valence-electron chi connectivity index (χ2n) is 27.4. The number of aliphatic hydroxyl groups excluding tert-OH is 1. The molecule has 0 aromatic heterocycles. The number of phosphoric ester groups is 2. The van der Waals surface area contributed by atoms with Gasteiger partial charge in [0, 0.05) is 25.7 Å². The fourth-order valence-corrected chi connectivity index (χ4v) is 12.8. The molecule has 0 bridgehead atoms. The number of carbonyl (C=O) groups excluding carboxylic acids is 4. The largest absolute Gasteiger partial charge is 0.472 e. The van der Waals surface area contributed by atoms with Crippen LogP contribution in [-0.4, -0.2) is 96.7 Å². The monoisotopic (exact) mass is 1370 g/mol. The van der Waals surface area contributed by atoms with E-state index >= 15 is 0 Å². The van der Waals surface area contributed by atoms with E-state index in [9.17, 15) is 43.2 Å². The Hall–Kier alpha value is -1.94. The first-order valence-corrected chi connectivity index (χ1v) is 41.5. The minimum Gasteiger partial charge on any atom is -0.462 e. The zero-order valence-electron chi connectivity index (χ0n) is 60.6. The van der Waals surface area contributed by atoms with Crippen LogP contribution in [0, 0.1) is 11.8 Å². The van der Waals surface area contributed by atoms with Gasteiger partial charge in [-0.1, -0.05) is 330 Å². The predicted molar refractivity (Wildman–Crippen MR) is 377 cm³/mol. The van der Waals surface area contributed by atoms with Crippen LogP contribution in [0.15, 0.2) is 0 Å². The first-order valence-electron chi connectivity index (χ1n) is 38.5. The summed E-state index contributed by atoms with van der Waals surface area (Å²) in [6, 6.07) is 0. The highest BCUT2D eigenvalue weighted by atomic mass is 31.2. The molecule has 0 aliphatic heterocycles. The van der Waals surface area contributed by atoms with Crippen LogP contribution in [0.25, 0.3) is 0 Å². The van der Waals surface area contributed by atoms with Crippen LogP contribution in [-0.2, 0) is 65.4 Å². The second-order valence-corrected chi connectivity index (χ2v) is 30.3. The number of esters is 4. The molecule has 0 aliphatic rings. The topological polar surface area (TPSA) is 237 Å². The molecule has 0 amide bonds. The first kappa shape index (κ1) is 91.1. The quantitative estimate of drug-likeness (QED) is 0.0222. The van der Waals surface area contributed by atoms with Crippen LogP contribution >= 0.6 is 15.6 Å². The van der Waals surface area contributed by atoms with Gasteiger partial charge in [-0.3, -0.25) is 37.3 Å². The summed E-state index contributed by atoms with van der Waals surface area (Å²) < 4.78 is 68.5. The number of ether oxygens (including phenoxy) is 4. The van der Waals surface area contributed by atoms with E-state index < -0.39 is 97.5 Å².